The topological polar surface area (TPSA) is 82.1 Å². The minimum absolute atomic E-state index is 0.00650. The second-order valence-corrected chi connectivity index (χ2v) is 7.91. The van der Waals surface area contributed by atoms with Crippen molar-refractivity contribution in [2.24, 2.45) is 5.41 Å². The van der Waals surface area contributed by atoms with Gasteiger partial charge in [0.05, 0.1) is 13.7 Å². The smallest absolute Gasteiger partial charge is 0.379 e. The molecule has 2 aliphatic rings. The van der Waals surface area contributed by atoms with Crippen molar-refractivity contribution in [1.82, 2.24) is 0 Å². The summed E-state index contributed by atoms with van der Waals surface area (Å²) in [7, 11) is 1.58. The Hall–Kier alpha value is -2.34. The molecule has 1 unspecified atom stereocenters. The van der Waals surface area contributed by atoms with Crippen molar-refractivity contribution in [3.05, 3.63) is 41.2 Å². The Bertz CT molecular complexity index is 776. The van der Waals surface area contributed by atoms with Crippen LogP contribution in [-0.2, 0) is 19.1 Å². The quantitative estimate of drug-likeness (QED) is 0.816. The first-order chi connectivity index (χ1) is 12.7. The summed E-state index contributed by atoms with van der Waals surface area (Å²) in [5, 5.41) is 10.9. The molecule has 6 nitrogen and oxygen atoms in total. The van der Waals surface area contributed by atoms with Crippen molar-refractivity contribution in [3.8, 4) is 5.75 Å². The first-order valence-electron chi connectivity index (χ1n) is 9.18. The number of hydrogen-bond acceptors (Lipinski definition) is 6. The molecular formula is C21H26O6. The molecule has 0 bridgehead atoms. The average molecular weight is 374 g/mol. The van der Waals surface area contributed by atoms with E-state index < -0.39 is 17.7 Å². The molecule has 0 fully saturated rings. The standard InChI is InChI=1S/C21H26O6/c1-5-26-19(23)21(24)10-15(13-6-8-14(25-4)9-7-13)18-16(22)11-20(2,3)12-17(18)27-21/h6-9,15,24H,5,10-12H2,1-4H3/t15-,21?/m1/s1. The summed E-state index contributed by atoms with van der Waals surface area (Å²) in [6.07, 6.45) is 0.811. The first kappa shape index (κ1) is 19.4. The molecule has 0 radical (unpaired) electrons. The Morgan fingerprint density at radius 3 is 2.52 bits per heavy atom. The normalized spacial score (nSPS) is 26.9. The number of ketones is 1. The van der Waals surface area contributed by atoms with Crippen LogP contribution in [0.25, 0.3) is 0 Å². The zero-order valence-electron chi connectivity index (χ0n) is 16.2. The first-order valence-corrected chi connectivity index (χ1v) is 9.18. The van der Waals surface area contributed by atoms with E-state index in [-0.39, 0.29) is 24.2 Å². The number of carbonyl (C=O) groups excluding carboxylic acids is 2. The van der Waals surface area contributed by atoms with Crippen LogP contribution in [0.2, 0.25) is 0 Å². The third kappa shape index (κ3) is 3.72. The van der Waals surface area contributed by atoms with Crippen molar-refractivity contribution < 1.29 is 28.9 Å². The Morgan fingerprint density at radius 1 is 1.26 bits per heavy atom. The highest BCUT2D eigenvalue weighted by Crippen LogP contribution is 2.49. The number of methoxy groups -OCH3 is 1. The molecule has 1 aromatic carbocycles. The van der Waals surface area contributed by atoms with Gasteiger partial charge in [-0.2, -0.15) is 0 Å². The summed E-state index contributed by atoms with van der Waals surface area (Å²) in [6, 6.07) is 7.29. The second kappa shape index (κ2) is 7.00. The average Bonchev–Trinajstić information content (AvgIpc) is 2.60. The van der Waals surface area contributed by atoms with E-state index >= 15 is 0 Å². The van der Waals surface area contributed by atoms with Gasteiger partial charge in [-0.3, -0.25) is 4.79 Å². The summed E-state index contributed by atoms with van der Waals surface area (Å²) in [4.78, 5) is 25.3. The lowest BCUT2D eigenvalue weighted by molar-refractivity contribution is -0.225. The SMILES string of the molecule is CCOC(=O)C1(O)C[C@H](c2ccc(OC)cc2)C2=C(CC(C)(C)CC2=O)O1. The lowest BCUT2D eigenvalue weighted by atomic mass is 9.70. The molecule has 1 heterocycles. The molecule has 1 aromatic rings. The third-order valence-electron chi connectivity index (χ3n) is 5.11. The van der Waals surface area contributed by atoms with Crippen LogP contribution in [0.4, 0.5) is 0 Å². The lowest BCUT2D eigenvalue weighted by Gasteiger charge is -2.42. The van der Waals surface area contributed by atoms with Crippen molar-refractivity contribution in [2.75, 3.05) is 13.7 Å². The van der Waals surface area contributed by atoms with Gasteiger partial charge in [-0.1, -0.05) is 26.0 Å². The van der Waals surface area contributed by atoms with E-state index in [9.17, 15) is 14.7 Å². The number of rotatable bonds is 4. The Balaban J connectivity index is 2.07. The Morgan fingerprint density at radius 2 is 1.93 bits per heavy atom. The predicted octanol–water partition coefficient (Wildman–Crippen LogP) is 3.09. The van der Waals surface area contributed by atoms with E-state index in [1.165, 1.54) is 0 Å². The molecule has 0 amide bonds. The van der Waals surface area contributed by atoms with E-state index in [0.717, 1.165) is 5.56 Å². The van der Waals surface area contributed by atoms with Gasteiger partial charge in [-0.25, -0.2) is 4.79 Å². The van der Waals surface area contributed by atoms with Gasteiger partial charge in [0, 0.05) is 30.8 Å². The fourth-order valence-corrected chi connectivity index (χ4v) is 3.87. The molecular weight excluding hydrogens is 348 g/mol. The van der Waals surface area contributed by atoms with Gasteiger partial charge in [0.2, 0.25) is 0 Å². The van der Waals surface area contributed by atoms with Gasteiger partial charge in [-0.15, -0.1) is 0 Å². The number of aliphatic hydroxyl groups is 1. The van der Waals surface area contributed by atoms with Crippen LogP contribution in [0.5, 0.6) is 5.75 Å². The minimum Gasteiger partial charge on any atom is -0.497 e. The van der Waals surface area contributed by atoms with Crippen molar-refractivity contribution >= 4 is 11.8 Å². The second-order valence-electron chi connectivity index (χ2n) is 7.91. The number of carbonyl (C=O) groups is 2. The molecule has 3 rings (SSSR count). The van der Waals surface area contributed by atoms with Crippen LogP contribution in [0.15, 0.2) is 35.6 Å². The van der Waals surface area contributed by atoms with Gasteiger partial charge in [-0.05, 0) is 30.0 Å². The van der Waals surface area contributed by atoms with Crippen LogP contribution < -0.4 is 4.74 Å². The molecule has 6 heteroatoms. The van der Waals surface area contributed by atoms with Crippen molar-refractivity contribution in [3.63, 3.8) is 0 Å². The van der Waals surface area contributed by atoms with Gasteiger partial charge in [0.15, 0.2) is 5.78 Å². The number of ether oxygens (including phenoxy) is 3. The minimum atomic E-state index is -2.10. The molecule has 0 aromatic heterocycles. The van der Waals surface area contributed by atoms with Crippen LogP contribution in [-0.4, -0.2) is 36.4 Å². The zero-order valence-corrected chi connectivity index (χ0v) is 16.2. The van der Waals surface area contributed by atoms with Crippen LogP contribution in [0.1, 0.15) is 51.5 Å². The monoisotopic (exact) mass is 374 g/mol. The summed E-state index contributed by atoms with van der Waals surface area (Å²) >= 11 is 0. The van der Waals surface area contributed by atoms with E-state index in [2.05, 4.69) is 0 Å². The van der Waals surface area contributed by atoms with Gasteiger partial charge in [0.25, 0.3) is 0 Å². The number of allylic oxidation sites excluding steroid dienone is 2. The summed E-state index contributed by atoms with van der Waals surface area (Å²) in [6.45, 7) is 5.74. The highest BCUT2D eigenvalue weighted by atomic mass is 16.7. The molecule has 0 saturated carbocycles. The molecule has 146 valence electrons. The summed E-state index contributed by atoms with van der Waals surface area (Å²) in [5.41, 5.74) is 1.07. The molecule has 1 N–H and O–H groups in total. The molecule has 1 aliphatic heterocycles. The lowest BCUT2D eigenvalue weighted by Crippen LogP contribution is -2.49. The highest BCUT2D eigenvalue weighted by Gasteiger charge is 2.52. The Labute approximate surface area is 159 Å². The number of esters is 1. The largest absolute Gasteiger partial charge is 0.497 e. The maximum atomic E-state index is 12.9. The number of Topliss-reactive ketones (excluding diaryl/α,β-unsaturated/α-hetero) is 1. The zero-order chi connectivity index (χ0) is 19.8. The summed E-state index contributed by atoms with van der Waals surface area (Å²) < 4.78 is 15.9. The van der Waals surface area contributed by atoms with E-state index in [1.807, 2.05) is 26.0 Å². The molecule has 27 heavy (non-hydrogen) atoms. The van der Waals surface area contributed by atoms with Crippen LogP contribution >= 0.6 is 0 Å². The maximum absolute atomic E-state index is 12.9. The van der Waals surface area contributed by atoms with E-state index in [4.69, 9.17) is 14.2 Å². The van der Waals surface area contributed by atoms with Crippen molar-refractivity contribution in [2.45, 2.75) is 51.7 Å². The molecule has 1 aliphatic carbocycles. The summed E-state index contributed by atoms with van der Waals surface area (Å²) in [5.74, 6) is -2.31. The highest BCUT2D eigenvalue weighted by molar-refractivity contribution is 5.99. The number of benzene rings is 1. The van der Waals surface area contributed by atoms with Gasteiger partial charge in [0.1, 0.15) is 11.5 Å². The maximum Gasteiger partial charge on any atom is 0.379 e. The van der Waals surface area contributed by atoms with E-state index in [1.54, 1.807) is 26.2 Å². The van der Waals surface area contributed by atoms with Crippen LogP contribution in [0.3, 0.4) is 0 Å². The molecule has 2 atom stereocenters. The fraction of sp³-hybridized carbons (Fsp3) is 0.524. The van der Waals surface area contributed by atoms with Crippen LogP contribution in [0, 0.1) is 5.41 Å². The molecule has 0 saturated heterocycles. The van der Waals surface area contributed by atoms with Gasteiger partial charge >= 0.3 is 11.8 Å². The third-order valence-corrected chi connectivity index (χ3v) is 5.11. The predicted molar refractivity (Wildman–Crippen MR) is 98.1 cm³/mol. The fourth-order valence-electron chi connectivity index (χ4n) is 3.87. The Kier molecular flexibility index (Phi) is 5.04. The van der Waals surface area contributed by atoms with E-state index in [0.29, 0.717) is 29.9 Å². The van der Waals surface area contributed by atoms with Crippen molar-refractivity contribution in [1.29, 1.82) is 0 Å². The molecule has 0 spiro atoms. The van der Waals surface area contributed by atoms with Gasteiger partial charge < -0.3 is 19.3 Å². The number of hydrogen-bond donors (Lipinski definition) is 1.